The maximum absolute atomic E-state index is 13.3. The summed E-state index contributed by atoms with van der Waals surface area (Å²) in [5.41, 5.74) is 4.77. The number of methoxy groups -OCH3 is 1. The maximum Gasteiger partial charge on any atom is 0.297 e. The number of piperidine rings is 1. The molecule has 0 unspecified atom stereocenters. The number of amides is 1. The zero-order valence-electron chi connectivity index (χ0n) is 11.8. The number of nitrogens with zero attached hydrogens (tertiary/aromatic N) is 2. The summed E-state index contributed by atoms with van der Waals surface area (Å²) in [5, 5.41) is 11.3. The molecule has 1 heterocycles. The van der Waals surface area contributed by atoms with Gasteiger partial charge in [-0.15, -0.1) is 0 Å². The van der Waals surface area contributed by atoms with Gasteiger partial charge in [-0.1, -0.05) is 0 Å². The Balaban J connectivity index is 2.49. The van der Waals surface area contributed by atoms with Crippen molar-refractivity contribution >= 4 is 17.3 Å². The van der Waals surface area contributed by atoms with E-state index in [9.17, 15) is 23.7 Å². The smallest absolute Gasteiger partial charge is 0.297 e. The fourth-order valence-corrected chi connectivity index (χ4v) is 2.41. The van der Waals surface area contributed by atoms with E-state index in [1.807, 2.05) is 0 Å². The van der Waals surface area contributed by atoms with Crippen LogP contribution >= 0.6 is 0 Å². The first-order valence-electron chi connectivity index (χ1n) is 6.54. The predicted molar refractivity (Wildman–Crippen MR) is 74.6 cm³/mol. The molecule has 1 saturated heterocycles. The summed E-state index contributed by atoms with van der Waals surface area (Å²) >= 11 is 0. The Morgan fingerprint density at radius 1 is 1.41 bits per heavy atom. The van der Waals surface area contributed by atoms with E-state index in [0.29, 0.717) is 0 Å². The van der Waals surface area contributed by atoms with Gasteiger partial charge in [-0.25, -0.2) is 8.78 Å². The lowest BCUT2D eigenvalue weighted by atomic mass is 10.0. The number of primary amides is 1. The second-order valence-corrected chi connectivity index (χ2v) is 5.01. The summed E-state index contributed by atoms with van der Waals surface area (Å²) in [5.74, 6) is -3.54. The van der Waals surface area contributed by atoms with Gasteiger partial charge in [0, 0.05) is 37.6 Å². The summed E-state index contributed by atoms with van der Waals surface area (Å²) in [6.07, 6.45) is -0.796. The topological polar surface area (TPSA) is 98.7 Å². The van der Waals surface area contributed by atoms with Crippen LogP contribution in [0, 0.1) is 10.1 Å². The van der Waals surface area contributed by atoms with Crippen molar-refractivity contribution in [1.29, 1.82) is 0 Å². The fraction of sp³-hybridized carbons (Fsp3) is 0.462. The number of alkyl halides is 2. The van der Waals surface area contributed by atoms with Crippen molar-refractivity contribution in [2.45, 2.75) is 18.8 Å². The monoisotopic (exact) mass is 315 g/mol. The second-order valence-electron chi connectivity index (χ2n) is 5.01. The molecule has 9 heteroatoms. The highest BCUT2D eigenvalue weighted by Crippen LogP contribution is 2.41. The van der Waals surface area contributed by atoms with Crippen molar-refractivity contribution in [3.8, 4) is 5.75 Å². The van der Waals surface area contributed by atoms with Gasteiger partial charge in [-0.2, -0.15) is 0 Å². The Kier molecular flexibility index (Phi) is 4.16. The summed E-state index contributed by atoms with van der Waals surface area (Å²) in [6, 6.07) is 2.31. The zero-order chi connectivity index (χ0) is 16.5. The molecule has 1 amide bonds. The molecule has 1 aromatic rings. The number of anilines is 1. The molecule has 0 saturated carbocycles. The SMILES string of the molecule is COc1cc(C(N)=O)cc([N+](=O)[O-])c1N1CCC(F)(F)CC1. The van der Waals surface area contributed by atoms with Gasteiger partial charge in [0.25, 0.3) is 11.6 Å². The first-order chi connectivity index (χ1) is 10.2. The Labute approximate surface area is 124 Å². The molecule has 7 nitrogen and oxygen atoms in total. The molecule has 120 valence electrons. The number of nitrogens with two attached hydrogens (primary N) is 1. The third-order valence-corrected chi connectivity index (χ3v) is 3.57. The van der Waals surface area contributed by atoms with Crippen molar-refractivity contribution in [3.05, 3.63) is 27.8 Å². The highest BCUT2D eigenvalue weighted by molar-refractivity contribution is 5.95. The van der Waals surface area contributed by atoms with E-state index in [2.05, 4.69) is 0 Å². The van der Waals surface area contributed by atoms with Gasteiger partial charge in [0.1, 0.15) is 5.75 Å². The van der Waals surface area contributed by atoms with Gasteiger partial charge < -0.3 is 15.4 Å². The van der Waals surface area contributed by atoms with Crippen molar-refractivity contribution in [3.63, 3.8) is 0 Å². The van der Waals surface area contributed by atoms with Crippen LogP contribution in [0.2, 0.25) is 0 Å². The summed E-state index contributed by atoms with van der Waals surface area (Å²) in [7, 11) is 1.28. The molecular formula is C13H15F2N3O4. The molecule has 1 aliphatic rings. The Morgan fingerprint density at radius 2 is 2.00 bits per heavy atom. The van der Waals surface area contributed by atoms with Crippen LogP contribution in [0.25, 0.3) is 0 Å². The normalized spacial score (nSPS) is 17.1. The lowest BCUT2D eigenvalue weighted by molar-refractivity contribution is -0.384. The van der Waals surface area contributed by atoms with Crippen LogP contribution < -0.4 is 15.4 Å². The van der Waals surface area contributed by atoms with Gasteiger partial charge >= 0.3 is 0 Å². The molecule has 0 aromatic heterocycles. The Hall–Kier alpha value is -2.45. The fourth-order valence-electron chi connectivity index (χ4n) is 2.41. The summed E-state index contributed by atoms with van der Waals surface area (Å²) in [6.45, 7) is -0.0831. The lowest BCUT2D eigenvalue weighted by Crippen LogP contribution is -2.39. The van der Waals surface area contributed by atoms with Crippen LogP contribution in [0.1, 0.15) is 23.2 Å². The van der Waals surface area contributed by atoms with Crippen molar-refractivity contribution < 1.29 is 23.2 Å². The van der Waals surface area contributed by atoms with E-state index in [4.69, 9.17) is 10.5 Å². The van der Waals surface area contributed by atoms with Crippen LogP contribution in [-0.2, 0) is 0 Å². The Bertz CT molecular complexity index is 612. The first-order valence-corrected chi connectivity index (χ1v) is 6.54. The molecule has 1 aromatic carbocycles. The van der Waals surface area contributed by atoms with Gasteiger partial charge in [-0.3, -0.25) is 14.9 Å². The van der Waals surface area contributed by atoms with Crippen molar-refractivity contribution in [2.24, 2.45) is 5.73 Å². The lowest BCUT2D eigenvalue weighted by Gasteiger charge is -2.33. The number of carbonyl (C=O) groups excluding carboxylic acids is 1. The number of benzene rings is 1. The van der Waals surface area contributed by atoms with Gasteiger partial charge in [-0.05, 0) is 6.07 Å². The van der Waals surface area contributed by atoms with E-state index in [-0.39, 0.29) is 30.1 Å². The average molecular weight is 315 g/mol. The number of nitro groups is 1. The highest BCUT2D eigenvalue weighted by Gasteiger charge is 2.37. The predicted octanol–water partition coefficient (Wildman–Crippen LogP) is 1.94. The molecule has 2 rings (SSSR count). The first kappa shape index (κ1) is 15.9. The Morgan fingerprint density at radius 3 is 2.45 bits per heavy atom. The van der Waals surface area contributed by atoms with Crippen LogP contribution in [0.3, 0.4) is 0 Å². The van der Waals surface area contributed by atoms with Crippen LogP contribution in [0.4, 0.5) is 20.2 Å². The minimum absolute atomic E-state index is 0.0415. The molecule has 0 spiro atoms. The van der Waals surface area contributed by atoms with E-state index in [0.717, 1.165) is 6.07 Å². The molecule has 1 aliphatic heterocycles. The number of nitro benzene ring substituents is 1. The van der Waals surface area contributed by atoms with Gasteiger partial charge in [0.05, 0.1) is 12.0 Å². The van der Waals surface area contributed by atoms with Crippen molar-refractivity contribution in [2.75, 3.05) is 25.1 Å². The largest absolute Gasteiger partial charge is 0.494 e. The molecule has 0 aliphatic carbocycles. The number of rotatable bonds is 4. The molecule has 0 atom stereocenters. The van der Waals surface area contributed by atoms with Crippen molar-refractivity contribution in [1.82, 2.24) is 0 Å². The average Bonchev–Trinajstić information content (AvgIpc) is 2.45. The van der Waals surface area contributed by atoms with Gasteiger partial charge in [0.2, 0.25) is 5.91 Å². The van der Waals surface area contributed by atoms with Crippen LogP contribution in [0.15, 0.2) is 12.1 Å². The number of hydrogen-bond donors (Lipinski definition) is 1. The zero-order valence-corrected chi connectivity index (χ0v) is 11.8. The molecule has 0 radical (unpaired) electrons. The second kappa shape index (κ2) is 5.74. The van der Waals surface area contributed by atoms with Crippen LogP contribution in [-0.4, -0.2) is 37.0 Å². The summed E-state index contributed by atoms with van der Waals surface area (Å²) in [4.78, 5) is 23.3. The van der Waals surface area contributed by atoms with E-state index < -0.39 is 35.3 Å². The van der Waals surface area contributed by atoms with E-state index in [1.54, 1.807) is 0 Å². The van der Waals surface area contributed by atoms with E-state index in [1.165, 1.54) is 18.1 Å². The van der Waals surface area contributed by atoms with Crippen LogP contribution in [0.5, 0.6) is 5.75 Å². The maximum atomic E-state index is 13.3. The van der Waals surface area contributed by atoms with E-state index >= 15 is 0 Å². The minimum Gasteiger partial charge on any atom is -0.494 e. The third kappa shape index (κ3) is 3.07. The molecule has 2 N–H and O–H groups in total. The minimum atomic E-state index is -2.77. The number of hydrogen-bond acceptors (Lipinski definition) is 5. The molecule has 22 heavy (non-hydrogen) atoms. The standard InChI is InChI=1S/C13H15F2N3O4/c1-22-10-7-8(12(16)19)6-9(18(20)21)11(10)17-4-2-13(14,15)3-5-17/h6-7H,2-5H2,1H3,(H2,16,19). The third-order valence-electron chi connectivity index (χ3n) is 3.57. The number of carbonyl (C=O) groups is 1. The van der Waals surface area contributed by atoms with Gasteiger partial charge in [0.15, 0.2) is 5.69 Å². The molecule has 1 fully saturated rings. The quantitative estimate of drug-likeness (QED) is 0.676. The number of halogens is 2. The molecule has 0 bridgehead atoms. The number of ether oxygens (including phenoxy) is 1. The summed E-state index contributed by atoms with van der Waals surface area (Å²) < 4.78 is 31.6. The highest BCUT2D eigenvalue weighted by atomic mass is 19.3. The molecular weight excluding hydrogens is 300 g/mol.